The van der Waals surface area contributed by atoms with Crippen molar-refractivity contribution in [3.8, 4) is 0 Å². The second kappa shape index (κ2) is 8.36. The van der Waals surface area contributed by atoms with E-state index in [1.807, 2.05) is 41.9 Å². The van der Waals surface area contributed by atoms with Crippen molar-refractivity contribution in [2.45, 2.75) is 31.7 Å². The molecule has 8 nitrogen and oxygen atoms in total. The summed E-state index contributed by atoms with van der Waals surface area (Å²) < 4.78 is 13.4. The number of aryl methyl sites for hydroxylation is 1. The van der Waals surface area contributed by atoms with E-state index in [0.29, 0.717) is 18.3 Å². The smallest absolute Gasteiger partial charge is 0.405 e. The molecule has 1 aliphatic rings. The van der Waals surface area contributed by atoms with Gasteiger partial charge < -0.3 is 19.9 Å². The molecule has 2 N–H and O–H groups in total. The quantitative estimate of drug-likeness (QED) is 0.430. The molecule has 1 saturated heterocycles. The first kappa shape index (κ1) is 19.6. The van der Waals surface area contributed by atoms with Gasteiger partial charge in [-0.3, -0.25) is 4.68 Å². The van der Waals surface area contributed by atoms with Gasteiger partial charge in [0, 0.05) is 11.9 Å². The van der Waals surface area contributed by atoms with Gasteiger partial charge in [-0.15, -0.1) is 0 Å². The SMILES string of the molecule is CCn1ncc2cc(Cl)nc(C3OC3COC[C@@H](NC(=O)O)c3ccccc3)c21. The first-order valence-corrected chi connectivity index (χ1v) is 9.74. The minimum Gasteiger partial charge on any atom is -0.465 e. The Morgan fingerprint density at radius 1 is 1.41 bits per heavy atom. The molecule has 1 aliphatic heterocycles. The van der Waals surface area contributed by atoms with Crippen LogP contribution >= 0.6 is 11.6 Å². The van der Waals surface area contributed by atoms with Gasteiger partial charge in [-0.05, 0) is 18.6 Å². The van der Waals surface area contributed by atoms with Crippen LogP contribution in [0.4, 0.5) is 4.79 Å². The average Bonchev–Trinajstić information content (AvgIpc) is 3.36. The number of rotatable bonds is 8. The van der Waals surface area contributed by atoms with Crippen molar-refractivity contribution in [2.75, 3.05) is 13.2 Å². The summed E-state index contributed by atoms with van der Waals surface area (Å²) in [6, 6.07) is 10.7. The standard InChI is InChI=1S/C20H21ClN4O4/c1-2-25-18-13(9-22-25)8-16(21)24-17(18)19-15(29-19)11-28-10-14(23-20(26)27)12-6-4-3-5-7-12/h3-9,14-15,19,23H,2,10-11H2,1H3,(H,26,27)/t14-,15?,19?/m1/s1. The number of nitrogens with zero attached hydrogens (tertiary/aromatic N) is 3. The van der Waals surface area contributed by atoms with Gasteiger partial charge in [0.2, 0.25) is 0 Å². The summed E-state index contributed by atoms with van der Waals surface area (Å²) in [5.41, 5.74) is 2.51. The lowest BCUT2D eigenvalue weighted by Crippen LogP contribution is -2.30. The van der Waals surface area contributed by atoms with Crippen molar-refractivity contribution in [2.24, 2.45) is 0 Å². The molecule has 2 aromatic heterocycles. The van der Waals surface area contributed by atoms with Crippen LogP contribution in [0.25, 0.3) is 10.9 Å². The number of epoxide rings is 1. The van der Waals surface area contributed by atoms with E-state index >= 15 is 0 Å². The largest absolute Gasteiger partial charge is 0.465 e. The van der Waals surface area contributed by atoms with Crippen molar-refractivity contribution >= 4 is 28.6 Å². The lowest BCUT2D eigenvalue weighted by Gasteiger charge is -2.17. The van der Waals surface area contributed by atoms with Crippen molar-refractivity contribution in [3.63, 3.8) is 0 Å². The van der Waals surface area contributed by atoms with Crippen molar-refractivity contribution in [3.05, 3.63) is 59.0 Å². The lowest BCUT2D eigenvalue weighted by molar-refractivity contribution is 0.0947. The van der Waals surface area contributed by atoms with Gasteiger partial charge in [-0.25, -0.2) is 9.78 Å². The summed E-state index contributed by atoms with van der Waals surface area (Å²) in [5, 5.41) is 17.3. The van der Waals surface area contributed by atoms with Gasteiger partial charge >= 0.3 is 6.09 Å². The van der Waals surface area contributed by atoms with Crippen LogP contribution in [0.15, 0.2) is 42.6 Å². The maximum Gasteiger partial charge on any atom is 0.405 e. The van der Waals surface area contributed by atoms with E-state index in [4.69, 9.17) is 26.2 Å². The number of pyridine rings is 1. The molecule has 0 saturated carbocycles. The molecule has 1 amide bonds. The van der Waals surface area contributed by atoms with E-state index in [0.717, 1.165) is 22.2 Å². The van der Waals surface area contributed by atoms with Gasteiger partial charge in [-0.1, -0.05) is 41.9 Å². The zero-order chi connectivity index (χ0) is 20.4. The van der Waals surface area contributed by atoms with Crippen LogP contribution < -0.4 is 5.32 Å². The minimum absolute atomic E-state index is 0.161. The van der Waals surface area contributed by atoms with E-state index in [2.05, 4.69) is 15.4 Å². The normalized spacial score (nSPS) is 19.2. The third-order valence-corrected chi connectivity index (χ3v) is 5.02. The summed E-state index contributed by atoms with van der Waals surface area (Å²) in [5.74, 6) is 0. The molecule has 0 aliphatic carbocycles. The number of aromatic nitrogens is 3. The van der Waals surface area contributed by atoms with E-state index in [9.17, 15) is 4.79 Å². The number of carboxylic acid groups (broad SMARTS) is 1. The number of amides is 1. The van der Waals surface area contributed by atoms with Crippen molar-refractivity contribution < 1.29 is 19.4 Å². The number of fused-ring (bicyclic) bond motifs is 1. The molecule has 0 spiro atoms. The molecule has 0 bridgehead atoms. The molecule has 9 heteroatoms. The number of ether oxygens (including phenoxy) is 2. The first-order chi connectivity index (χ1) is 14.1. The summed E-state index contributed by atoms with van der Waals surface area (Å²) >= 11 is 6.16. The van der Waals surface area contributed by atoms with Crippen LogP contribution in [0.5, 0.6) is 0 Å². The van der Waals surface area contributed by atoms with Crippen LogP contribution in [-0.2, 0) is 16.0 Å². The molecular formula is C20H21ClN4O4. The Labute approximate surface area is 172 Å². The van der Waals surface area contributed by atoms with Gasteiger partial charge in [-0.2, -0.15) is 5.10 Å². The third-order valence-electron chi connectivity index (χ3n) is 4.83. The minimum atomic E-state index is -1.10. The molecule has 3 heterocycles. The zero-order valence-electron chi connectivity index (χ0n) is 15.8. The van der Waals surface area contributed by atoms with Gasteiger partial charge in [0.1, 0.15) is 17.4 Å². The Morgan fingerprint density at radius 2 is 2.21 bits per heavy atom. The third kappa shape index (κ3) is 4.34. The Bertz CT molecular complexity index is 1010. The van der Waals surface area contributed by atoms with Crippen LogP contribution in [0.1, 0.15) is 30.3 Å². The van der Waals surface area contributed by atoms with E-state index in [1.54, 1.807) is 12.3 Å². The van der Waals surface area contributed by atoms with E-state index in [-0.39, 0.29) is 18.8 Å². The second-order valence-electron chi connectivity index (χ2n) is 6.77. The summed E-state index contributed by atoms with van der Waals surface area (Å²) in [7, 11) is 0. The maximum atomic E-state index is 11.1. The first-order valence-electron chi connectivity index (χ1n) is 9.36. The highest BCUT2D eigenvalue weighted by molar-refractivity contribution is 6.30. The highest BCUT2D eigenvalue weighted by Crippen LogP contribution is 2.41. The van der Waals surface area contributed by atoms with Crippen molar-refractivity contribution in [1.82, 2.24) is 20.1 Å². The monoisotopic (exact) mass is 416 g/mol. The van der Waals surface area contributed by atoms with Crippen molar-refractivity contribution in [1.29, 1.82) is 0 Å². The second-order valence-corrected chi connectivity index (χ2v) is 7.16. The Balaban J connectivity index is 1.41. The highest BCUT2D eigenvalue weighted by atomic mass is 35.5. The molecule has 29 heavy (non-hydrogen) atoms. The average molecular weight is 417 g/mol. The zero-order valence-corrected chi connectivity index (χ0v) is 16.5. The van der Waals surface area contributed by atoms with Crippen LogP contribution in [0, 0.1) is 0 Å². The predicted octanol–water partition coefficient (Wildman–Crippen LogP) is 3.57. The number of nitrogens with one attached hydrogen (secondary N) is 1. The highest BCUT2D eigenvalue weighted by Gasteiger charge is 2.43. The van der Waals surface area contributed by atoms with E-state index < -0.39 is 12.1 Å². The molecule has 1 fully saturated rings. The summed E-state index contributed by atoms with van der Waals surface area (Å²) in [6.45, 7) is 3.26. The Hall–Kier alpha value is -2.68. The number of halogens is 1. The topological polar surface area (TPSA) is 102 Å². The van der Waals surface area contributed by atoms with Crippen LogP contribution in [0.3, 0.4) is 0 Å². The molecule has 152 valence electrons. The molecule has 3 aromatic rings. The van der Waals surface area contributed by atoms with Gasteiger partial charge in [0.15, 0.2) is 0 Å². The molecule has 0 radical (unpaired) electrons. The summed E-state index contributed by atoms with van der Waals surface area (Å²) in [4.78, 5) is 15.6. The van der Waals surface area contributed by atoms with Crippen LogP contribution in [0.2, 0.25) is 5.15 Å². The maximum absolute atomic E-state index is 11.1. The van der Waals surface area contributed by atoms with Gasteiger partial charge in [0.05, 0.1) is 36.7 Å². The Morgan fingerprint density at radius 3 is 2.93 bits per heavy atom. The summed E-state index contributed by atoms with van der Waals surface area (Å²) in [6.07, 6.45) is 0.291. The molecule has 1 aromatic carbocycles. The number of carbonyl (C=O) groups is 1. The van der Waals surface area contributed by atoms with Gasteiger partial charge in [0.25, 0.3) is 0 Å². The number of benzene rings is 1. The fraction of sp³-hybridized carbons (Fsp3) is 0.350. The molecule has 2 unspecified atom stereocenters. The van der Waals surface area contributed by atoms with E-state index in [1.165, 1.54) is 0 Å². The fourth-order valence-corrected chi connectivity index (χ4v) is 3.63. The molecule has 4 rings (SSSR count). The Kier molecular flexibility index (Phi) is 5.66. The number of hydrogen-bond donors (Lipinski definition) is 2. The lowest BCUT2D eigenvalue weighted by atomic mass is 10.1. The molecular weight excluding hydrogens is 396 g/mol. The fourth-order valence-electron chi connectivity index (χ4n) is 3.42. The molecule has 3 atom stereocenters. The predicted molar refractivity (Wildman–Crippen MR) is 107 cm³/mol. The van der Waals surface area contributed by atoms with Crippen LogP contribution in [-0.4, -0.2) is 45.3 Å². The number of hydrogen-bond acceptors (Lipinski definition) is 5.